The minimum absolute atomic E-state index is 0. The Morgan fingerprint density at radius 2 is 2.09 bits per heavy atom. The van der Waals surface area contributed by atoms with Crippen LogP contribution in [-0.4, -0.2) is 46.3 Å². The lowest BCUT2D eigenvalue weighted by Gasteiger charge is -2.36. The van der Waals surface area contributed by atoms with Crippen LogP contribution >= 0.6 is 24.8 Å². The maximum Gasteiger partial charge on any atom is 0.239 e. The molecule has 1 N–H and O–H groups in total. The first-order chi connectivity index (χ1) is 9.74. The molecule has 2 atom stereocenters. The van der Waals surface area contributed by atoms with Gasteiger partial charge in [0.1, 0.15) is 0 Å². The van der Waals surface area contributed by atoms with E-state index < -0.39 is 0 Å². The van der Waals surface area contributed by atoms with Gasteiger partial charge in [0.2, 0.25) is 5.91 Å². The number of aryl methyl sites for hydroxylation is 1. The first-order valence-corrected chi connectivity index (χ1v) is 7.77. The summed E-state index contributed by atoms with van der Waals surface area (Å²) in [5.74, 6) is 0.290. The molecule has 0 spiro atoms. The highest BCUT2D eigenvalue weighted by Gasteiger charge is 2.30. The summed E-state index contributed by atoms with van der Waals surface area (Å²) in [5, 5.41) is 7.77. The van der Waals surface area contributed by atoms with Crippen molar-refractivity contribution in [2.24, 2.45) is 0 Å². The number of nitrogens with zero attached hydrogens (tertiary/aromatic N) is 3. The third-order valence-corrected chi connectivity index (χ3v) is 4.42. The molecule has 2 fully saturated rings. The Labute approximate surface area is 144 Å². The summed E-state index contributed by atoms with van der Waals surface area (Å²) in [6.07, 6.45) is 9.50. The van der Waals surface area contributed by atoms with Gasteiger partial charge < -0.3 is 10.2 Å². The predicted octanol–water partition coefficient (Wildman–Crippen LogP) is 2.34. The van der Waals surface area contributed by atoms with Crippen molar-refractivity contribution in [3.63, 3.8) is 0 Å². The van der Waals surface area contributed by atoms with Crippen molar-refractivity contribution in [3.8, 4) is 0 Å². The van der Waals surface area contributed by atoms with Gasteiger partial charge in [-0.2, -0.15) is 5.10 Å². The van der Waals surface area contributed by atoms with Gasteiger partial charge in [-0.15, -0.1) is 24.8 Å². The molecule has 0 aromatic carbocycles. The molecule has 2 aliphatic heterocycles. The monoisotopic (exact) mass is 348 g/mol. The maximum absolute atomic E-state index is 12.6. The van der Waals surface area contributed by atoms with E-state index in [0.717, 1.165) is 38.9 Å². The zero-order chi connectivity index (χ0) is 13.9. The average Bonchev–Trinajstić information content (AvgIpc) is 2.94. The normalized spacial score (nSPS) is 25.0. The van der Waals surface area contributed by atoms with Crippen molar-refractivity contribution in [2.75, 3.05) is 19.6 Å². The first kappa shape index (κ1) is 19.3. The molecule has 1 aromatic rings. The van der Waals surface area contributed by atoms with Crippen molar-refractivity contribution in [3.05, 3.63) is 18.0 Å². The third kappa shape index (κ3) is 4.37. The molecule has 5 nitrogen and oxygen atoms in total. The molecule has 2 aliphatic rings. The van der Waals surface area contributed by atoms with E-state index in [1.54, 1.807) is 0 Å². The molecule has 3 heterocycles. The van der Waals surface area contributed by atoms with Gasteiger partial charge in [-0.1, -0.05) is 6.42 Å². The van der Waals surface area contributed by atoms with Gasteiger partial charge in [-0.3, -0.25) is 9.48 Å². The highest BCUT2D eigenvalue weighted by atomic mass is 35.5. The number of halogens is 2. The number of likely N-dealkylation sites (tertiary alicyclic amines) is 1. The van der Waals surface area contributed by atoms with Crippen molar-refractivity contribution in [1.29, 1.82) is 0 Å². The molecule has 0 radical (unpaired) electrons. The zero-order valence-electron chi connectivity index (χ0n) is 13.0. The Hall–Kier alpha value is -0.780. The summed E-state index contributed by atoms with van der Waals surface area (Å²) in [5.41, 5.74) is 1.18. The van der Waals surface area contributed by atoms with Crippen molar-refractivity contribution < 1.29 is 4.79 Å². The van der Waals surface area contributed by atoms with Gasteiger partial charge in [-0.05, 0) is 44.7 Å². The number of hydrogen-bond donors (Lipinski definition) is 1. The summed E-state index contributed by atoms with van der Waals surface area (Å²) in [4.78, 5) is 14.6. The van der Waals surface area contributed by atoms with Crippen LogP contribution in [0.25, 0.3) is 0 Å². The molecule has 22 heavy (non-hydrogen) atoms. The van der Waals surface area contributed by atoms with Crippen molar-refractivity contribution in [1.82, 2.24) is 20.0 Å². The molecular weight excluding hydrogens is 323 g/mol. The number of piperidine rings is 2. The Balaban J connectivity index is 0.00000121. The van der Waals surface area contributed by atoms with E-state index >= 15 is 0 Å². The fraction of sp³-hybridized carbons (Fsp3) is 0.733. The average molecular weight is 349 g/mol. The van der Waals surface area contributed by atoms with Crippen LogP contribution in [0.3, 0.4) is 0 Å². The van der Waals surface area contributed by atoms with Crippen molar-refractivity contribution >= 4 is 30.7 Å². The van der Waals surface area contributed by atoms with Gasteiger partial charge >= 0.3 is 0 Å². The number of carbonyl (C=O) groups is 1. The Bertz CT molecular complexity index is 474. The standard InChI is InChI=1S/C15H24N4O.2ClH/c1-12-9-17-19(10-12)13-5-4-8-18(11-13)15(20)14-6-2-3-7-16-14;;/h9-10,13-14,16H,2-8,11H2,1H3;2*1H/t13?,14-;;/m1../s1. The molecule has 3 rings (SSSR count). The lowest BCUT2D eigenvalue weighted by atomic mass is 10.0. The van der Waals surface area contributed by atoms with Gasteiger partial charge in [-0.25, -0.2) is 0 Å². The summed E-state index contributed by atoms with van der Waals surface area (Å²) >= 11 is 0. The van der Waals surface area contributed by atoms with Gasteiger partial charge in [0, 0.05) is 19.3 Å². The predicted molar refractivity (Wildman–Crippen MR) is 92.0 cm³/mol. The van der Waals surface area contributed by atoms with E-state index in [0.29, 0.717) is 11.9 Å². The fourth-order valence-electron chi connectivity index (χ4n) is 3.29. The van der Waals surface area contributed by atoms with Gasteiger partial charge in [0.25, 0.3) is 0 Å². The van der Waals surface area contributed by atoms with Crippen molar-refractivity contribution in [2.45, 2.75) is 51.1 Å². The number of nitrogens with one attached hydrogen (secondary N) is 1. The second kappa shape index (κ2) is 8.75. The van der Waals surface area contributed by atoms with Crippen LogP contribution in [-0.2, 0) is 4.79 Å². The quantitative estimate of drug-likeness (QED) is 0.892. The molecule has 1 unspecified atom stereocenters. The number of rotatable bonds is 2. The summed E-state index contributed by atoms with van der Waals surface area (Å²) in [7, 11) is 0. The van der Waals surface area contributed by atoms with Gasteiger partial charge in [0.15, 0.2) is 0 Å². The van der Waals surface area contributed by atoms with Gasteiger partial charge in [0.05, 0.1) is 18.3 Å². The highest BCUT2D eigenvalue weighted by Crippen LogP contribution is 2.22. The van der Waals surface area contributed by atoms with Crippen LogP contribution in [0.4, 0.5) is 0 Å². The number of hydrogen-bond acceptors (Lipinski definition) is 3. The third-order valence-electron chi connectivity index (χ3n) is 4.42. The lowest BCUT2D eigenvalue weighted by molar-refractivity contribution is -0.135. The molecule has 1 amide bonds. The largest absolute Gasteiger partial charge is 0.339 e. The Morgan fingerprint density at radius 1 is 1.27 bits per heavy atom. The van der Waals surface area contributed by atoms with Crippen LogP contribution in [0.1, 0.15) is 43.7 Å². The topological polar surface area (TPSA) is 50.2 Å². The molecule has 0 aliphatic carbocycles. The highest BCUT2D eigenvalue weighted by molar-refractivity contribution is 5.85. The van der Waals surface area contributed by atoms with Crippen LogP contribution in [0.15, 0.2) is 12.4 Å². The van der Waals surface area contributed by atoms with E-state index in [9.17, 15) is 4.79 Å². The molecule has 0 bridgehead atoms. The Kier molecular flexibility index (Phi) is 7.66. The van der Waals surface area contributed by atoms with Crippen LogP contribution in [0.2, 0.25) is 0 Å². The fourth-order valence-corrected chi connectivity index (χ4v) is 3.29. The molecule has 1 aromatic heterocycles. The SMILES string of the molecule is Cc1cnn(C2CCCN(C(=O)[C@H]3CCCCN3)C2)c1.Cl.Cl. The zero-order valence-corrected chi connectivity index (χ0v) is 14.7. The summed E-state index contributed by atoms with van der Waals surface area (Å²) in [6.45, 7) is 4.74. The molecule has 126 valence electrons. The number of aromatic nitrogens is 2. The van der Waals surface area contributed by atoms with E-state index in [-0.39, 0.29) is 30.9 Å². The number of carbonyl (C=O) groups excluding carboxylic acids is 1. The molecule has 2 saturated heterocycles. The number of amides is 1. The summed E-state index contributed by atoms with van der Waals surface area (Å²) in [6, 6.07) is 0.381. The second-order valence-corrected chi connectivity index (χ2v) is 6.08. The van der Waals surface area contributed by atoms with Crippen LogP contribution < -0.4 is 5.32 Å². The summed E-state index contributed by atoms with van der Waals surface area (Å²) < 4.78 is 2.03. The van der Waals surface area contributed by atoms with E-state index in [2.05, 4.69) is 23.5 Å². The van der Waals surface area contributed by atoms with E-state index in [1.807, 2.05) is 15.8 Å². The smallest absolute Gasteiger partial charge is 0.239 e. The molecule has 0 saturated carbocycles. The molecule has 7 heteroatoms. The van der Waals surface area contributed by atoms with Crippen LogP contribution in [0.5, 0.6) is 0 Å². The minimum atomic E-state index is 0. The van der Waals surface area contributed by atoms with E-state index in [1.165, 1.54) is 18.4 Å². The van der Waals surface area contributed by atoms with E-state index in [4.69, 9.17) is 0 Å². The first-order valence-electron chi connectivity index (χ1n) is 7.77. The Morgan fingerprint density at radius 3 is 2.73 bits per heavy atom. The van der Waals surface area contributed by atoms with Crippen LogP contribution in [0, 0.1) is 6.92 Å². The maximum atomic E-state index is 12.6. The lowest BCUT2D eigenvalue weighted by Crippen LogP contribution is -2.51. The minimum Gasteiger partial charge on any atom is -0.339 e. The molecular formula is C15H26Cl2N4O. The second-order valence-electron chi connectivity index (χ2n) is 6.08.